The minimum absolute atomic E-state index is 0.203. The largest absolute Gasteiger partial charge is 0.344 e. The second kappa shape index (κ2) is 5.77. The molecule has 3 rings (SSSR count). The van der Waals surface area contributed by atoms with Crippen molar-refractivity contribution in [1.29, 1.82) is 0 Å². The van der Waals surface area contributed by atoms with Gasteiger partial charge in [-0.2, -0.15) is 11.8 Å². The van der Waals surface area contributed by atoms with Gasteiger partial charge >= 0.3 is 0 Å². The highest BCUT2D eigenvalue weighted by Crippen LogP contribution is 2.36. The maximum Gasteiger partial charge on any atom is 0.119 e. The molecule has 0 spiro atoms. The Balaban J connectivity index is 2.09. The van der Waals surface area contributed by atoms with Crippen LogP contribution in [0.3, 0.4) is 0 Å². The zero-order valence-corrected chi connectivity index (χ0v) is 15.1. The molecule has 0 fully saturated rings. The van der Waals surface area contributed by atoms with E-state index in [4.69, 9.17) is 4.98 Å². The molecule has 118 valence electrons. The van der Waals surface area contributed by atoms with Crippen LogP contribution in [0.5, 0.6) is 0 Å². The highest BCUT2D eigenvalue weighted by Gasteiger charge is 2.22. The Kier molecular flexibility index (Phi) is 4.11. The number of thioether (sulfide) groups is 1. The zero-order valence-electron chi connectivity index (χ0n) is 14.3. The van der Waals surface area contributed by atoms with Gasteiger partial charge in [0, 0.05) is 11.3 Å². The minimum Gasteiger partial charge on any atom is -0.344 e. The van der Waals surface area contributed by atoms with Crippen molar-refractivity contribution in [3.8, 4) is 11.3 Å². The molecule has 0 bridgehead atoms. The number of rotatable bonds is 2. The molecule has 0 radical (unpaired) electrons. The highest BCUT2D eigenvalue weighted by molar-refractivity contribution is 7.98. The third-order valence-corrected chi connectivity index (χ3v) is 5.57. The molecule has 1 heterocycles. The van der Waals surface area contributed by atoms with E-state index in [0.717, 1.165) is 18.7 Å². The van der Waals surface area contributed by atoms with E-state index >= 15 is 0 Å². The first-order valence-electron chi connectivity index (χ1n) is 8.15. The molecule has 1 N–H and O–H groups in total. The molecule has 1 aliphatic carbocycles. The number of nitrogens with one attached hydrogen (secondary N) is 1. The average molecular weight is 314 g/mol. The average Bonchev–Trinajstić information content (AvgIpc) is 2.82. The fourth-order valence-electron chi connectivity index (χ4n) is 3.09. The van der Waals surface area contributed by atoms with Gasteiger partial charge in [0.25, 0.3) is 0 Å². The molecular formula is C19H26N2S. The topological polar surface area (TPSA) is 28.7 Å². The lowest BCUT2D eigenvalue weighted by molar-refractivity contribution is 0.589. The highest BCUT2D eigenvalue weighted by atomic mass is 32.2. The second-order valence-corrected chi connectivity index (χ2v) is 8.48. The van der Waals surface area contributed by atoms with Crippen LogP contribution in [0.1, 0.15) is 62.0 Å². The molecule has 1 aliphatic rings. The Bertz CT molecular complexity index is 679. The lowest BCUT2D eigenvalue weighted by atomic mass is 9.84. The number of hydrogen-bond acceptors (Lipinski definition) is 2. The number of nitrogens with zero attached hydrogens (tertiary/aromatic N) is 1. The van der Waals surface area contributed by atoms with Crippen molar-refractivity contribution in [2.24, 2.45) is 0 Å². The van der Waals surface area contributed by atoms with E-state index in [1.165, 1.54) is 34.5 Å². The van der Waals surface area contributed by atoms with Crippen LogP contribution < -0.4 is 0 Å². The van der Waals surface area contributed by atoms with Gasteiger partial charge in [-0.05, 0) is 49.0 Å². The quantitative estimate of drug-likeness (QED) is 0.816. The molecule has 3 heteroatoms. The predicted molar refractivity (Wildman–Crippen MR) is 96.7 cm³/mol. The Hall–Kier alpha value is -1.22. The molecule has 1 aromatic carbocycles. The molecular weight excluding hydrogens is 288 g/mol. The number of aryl methyl sites for hydroxylation is 2. The maximum atomic E-state index is 4.94. The van der Waals surface area contributed by atoms with Gasteiger partial charge in [-0.25, -0.2) is 4.98 Å². The monoisotopic (exact) mass is 314 g/mol. The molecule has 1 unspecified atom stereocenters. The summed E-state index contributed by atoms with van der Waals surface area (Å²) in [6.45, 7) is 9.06. The van der Waals surface area contributed by atoms with Crippen LogP contribution in [0.4, 0.5) is 0 Å². The Labute approximate surface area is 138 Å². The van der Waals surface area contributed by atoms with Crippen LogP contribution in [0.15, 0.2) is 18.2 Å². The van der Waals surface area contributed by atoms with Crippen molar-refractivity contribution in [2.45, 2.75) is 57.6 Å². The number of aromatic nitrogens is 2. The van der Waals surface area contributed by atoms with Crippen LogP contribution >= 0.6 is 11.8 Å². The molecule has 1 aromatic heterocycles. The standard InChI is InChI=1S/C19H26N2S/c1-12(22-5)18-20-16-8-6-7-13-11-14(19(2,3)4)9-10-15(13)17(16)21-18/h9-12H,6-8H2,1-5H3,(H,20,21). The van der Waals surface area contributed by atoms with Crippen molar-refractivity contribution in [3.05, 3.63) is 40.8 Å². The van der Waals surface area contributed by atoms with Gasteiger partial charge in [-0.1, -0.05) is 39.0 Å². The summed E-state index contributed by atoms with van der Waals surface area (Å²) in [5.74, 6) is 1.12. The fourth-order valence-corrected chi connectivity index (χ4v) is 3.43. The van der Waals surface area contributed by atoms with Crippen molar-refractivity contribution >= 4 is 11.8 Å². The Morgan fingerprint density at radius 3 is 2.68 bits per heavy atom. The molecule has 1 atom stereocenters. The number of hydrogen-bond donors (Lipinski definition) is 1. The molecule has 2 nitrogen and oxygen atoms in total. The van der Waals surface area contributed by atoms with Crippen molar-refractivity contribution in [1.82, 2.24) is 9.97 Å². The SMILES string of the molecule is CSC(C)c1nc2c([nH]1)CCCc1cc(C(C)(C)C)ccc1-2. The van der Waals surface area contributed by atoms with E-state index in [9.17, 15) is 0 Å². The number of imidazole rings is 1. The summed E-state index contributed by atoms with van der Waals surface area (Å²) in [4.78, 5) is 8.52. The van der Waals surface area contributed by atoms with Crippen molar-refractivity contribution in [3.63, 3.8) is 0 Å². The van der Waals surface area contributed by atoms with Crippen LogP contribution in [-0.2, 0) is 18.3 Å². The van der Waals surface area contributed by atoms with Gasteiger partial charge in [0.05, 0.1) is 10.9 Å². The summed E-state index contributed by atoms with van der Waals surface area (Å²) in [5, 5.41) is 0.421. The summed E-state index contributed by atoms with van der Waals surface area (Å²) in [6, 6.07) is 6.96. The van der Waals surface area contributed by atoms with Crippen LogP contribution in [0, 0.1) is 0 Å². The summed E-state index contributed by atoms with van der Waals surface area (Å²) in [6.07, 6.45) is 5.59. The van der Waals surface area contributed by atoms with E-state index in [-0.39, 0.29) is 5.41 Å². The second-order valence-electron chi connectivity index (χ2n) is 7.30. The number of fused-ring (bicyclic) bond motifs is 3. The Morgan fingerprint density at radius 2 is 2.00 bits per heavy atom. The smallest absolute Gasteiger partial charge is 0.119 e. The lowest BCUT2D eigenvalue weighted by Crippen LogP contribution is -2.11. The third-order valence-electron chi connectivity index (χ3n) is 4.63. The van der Waals surface area contributed by atoms with E-state index in [2.05, 4.69) is 57.1 Å². The minimum atomic E-state index is 0.203. The maximum absolute atomic E-state index is 4.94. The van der Waals surface area contributed by atoms with Gasteiger partial charge in [-0.15, -0.1) is 0 Å². The van der Waals surface area contributed by atoms with Crippen molar-refractivity contribution < 1.29 is 0 Å². The number of benzene rings is 1. The Morgan fingerprint density at radius 1 is 1.23 bits per heavy atom. The first kappa shape index (κ1) is 15.7. The van der Waals surface area contributed by atoms with Gasteiger partial charge < -0.3 is 4.98 Å². The van der Waals surface area contributed by atoms with Crippen molar-refractivity contribution in [2.75, 3.05) is 6.26 Å². The summed E-state index contributed by atoms with van der Waals surface area (Å²) in [5.41, 5.74) is 6.91. The summed E-state index contributed by atoms with van der Waals surface area (Å²) in [7, 11) is 0. The van der Waals surface area contributed by atoms with Crippen LogP contribution in [-0.4, -0.2) is 16.2 Å². The normalized spacial score (nSPS) is 15.9. The molecule has 2 aromatic rings. The molecule has 0 aliphatic heterocycles. The van der Waals surface area contributed by atoms with Gasteiger partial charge in [0.1, 0.15) is 5.82 Å². The van der Waals surface area contributed by atoms with Gasteiger partial charge in [0.15, 0.2) is 0 Å². The van der Waals surface area contributed by atoms with Crippen LogP contribution in [0.2, 0.25) is 0 Å². The molecule has 0 amide bonds. The van der Waals surface area contributed by atoms with E-state index in [1.807, 2.05) is 11.8 Å². The third kappa shape index (κ3) is 2.83. The molecule has 0 saturated heterocycles. The lowest BCUT2D eigenvalue weighted by Gasteiger charge is -2.21. The van der Waals surface area contributed by atoms with Gasteiger partial charge in [-0.3, -0.25) is 0 Å². The summed E-state index contributed by atoms with van der Waals surface area (Å²) < 4.78 is 0. The first-order valence-corrected chi connectivity index (χ1v) is 9.44. The molecule has 22 heavy (non-hydrogen) atoms. The predicted octanol–water partition coefficient (Wildman–Crippen LogP) is 5.29. The fraction of sp³-hybridized carbons (Fsp3) is 0.526. The van der Waals surface area contributed by atoms with Crippen LogP contribution in [0.25, 0.3) is 11.3 Å². The van der Waals surface area contributed by atoms with E-state index < -0.39 is 0 Å². The summed E-state index contributed by atoms with van der Waals surface area (Å²) >= 11 is 1.84. The van der Waals surface area contributed by atoms with Gasteiger partial charge in [0.2, 0.25) is 0 Å². The zero-order chi connectivity index (χ0) is 15.9. The van der Waals surface area contributed by atoms with E-state index in [1.54, 1.807) is 0 Å². The number of aromatic amines is 1. The molecule has 0 saturated carbocycles. The number of H-pyrrole nitrogens is 1. The first-order chi connectivity index (χ1) is 10.4. The van der Waals surface area contributed by atoms with E-state index in [0.29, 0.717) is 5.25 Å².